The second kappa shape index (κ2) is 7.36. The van der Waals surface area contributed by atoms with Gasteiger partial charge in [-0.15, -0.1) is 0 Å². The van der Waals surface area contributed by atoms with Gasteiger partial charge in [-0.25, -0.2) is 4.52 Å². The molecule has 0 aliphatic rings. The maximum absolute atomic E-state index is 11.7. The van der Waals surface area contributed by atoms with E-state index in [0.717, 1.165) is 11.1 Å². The number of nitrogens with two attached hydrogens (primary N) is 1. The SMILES string of the molecule is N#CCC(=O)Nc1cccc(CNc2c(C(N)=O)cnn3cccc23)c1. The first-order valence-corrected chi connectivity index (χ1v) is 7.84. The molecule has 0 atom stereocenters. The summed E-state index contributed by atoms with van der Waals surface area (Å²) in [4.78, 5) is 23.2. The Bertz CT molecular complexity index is 1020. The Morgan fingerprint density at radius 2 is 2.12 bits per heavy atom. The maximum Gasteiger partial charge on any atom is 0.252 e. The molecule has 0 aliphatic carbocycles. The zero-order chi connectivity index (χ0) is 18.5. The molecule has 0 aliphatic heterocycles. The third-order valence-corrected chi connectivity index (χ3v) is 3.75. The lowest BCUT2D eigenvalue weighted by molar-refractivity contribution is -0.115. The Hall–Kier alpha value is -3.86. The predicted molar refractivity (Wildman–Crippen MR) is 96.3 cm³/mol. The van der Waals surface area contributed by atoms with Gasteiger partial charge < -0.3 is 16.4 Å². The molecule has 3 rings (SSSR count). The molecule has 0 spiro atoms. The Balaban J connectivity index is 1.81. The van der Waals surface area contributed by atoms with E-state index in [-0.39, 0.29) is 12.3 Å². The van der Waals surface area contributed by atoms with E-state index in [4.69, 9.17) is 11.0 Å². The summed E-state index contributed by atoms with van der Waals surface area (Å²) in [6.07, 6.45) is 3.00. The Morgan fingerprint density at radius 3 is 2.88 bits per heavy atom. The lowest BCUT2D eigenvalue weighted by Crippen LogP contribution is -2.16. The fourth-order valence-electron chi connectivity index (χ4n) is 2.59. The molecule has 8 nitrogen and oxygen atoms in total. The lowest BCUT2D eigenvalue weighted by atomic mass is 10.1. The normalized spacial score (nSPS) is 10.3. The van der Waals surface area contributed by atoms with Crippen LogP contribution in [0.25, 0.3) is 5.52 Å². The smallest absolute Gasteiger partial charge is 0.252 e. The van der Waals surface area contributed by atoms with Crippen LogP contribution in [0.5, 0.6) is 0 Å². The van der Waals surface area contributed by atoms with Gasteiger partial charge in [0.15, 0.2) is 0 Å². The van der Waals surface area contributed by atoms with Crippen LogP contribution in [-0.2, 0) is 11.3 Å². The Kier molecular flexibility index (Phi) is 4.80. The van der Waals surface area contributed by atoms with Crippen LogP contribution < -0.4 is 16.4 Å². The molecule has 0 fully saturated rings. The number of primary amides is 1. The number of fused-ring (bicyclic) bond motifs is 1. The summed E-state index contributed by atoms with van der Waals surface area (Å²) >= 11 is 0. The molecule has 2 heterocycles. The molecule has 3 aromatic rings. The van der Waals surface area contributed by atoms with Crippen molar-refractivity contribution in [2.45, 2.75) is 13.0 Å². The first kappa shape index (κ1) is 17.0. The summed E-state index contributed by atoms with van der Waals surface area (Å²) < 4.78 is 1.65. The summed E-state index contributed by atoms with van der Waals surface area (Å²) in [6.45, 7) is 0.410. The van der Waals surface area contributed by atoms with E-state index >= 15 is 0 Å². The fourth-order valence-corrected chi connectivity index (χ4v) is 2.59. The summed E-state index contributed by atoms with van der Waals surface area (Å²) in [6, 6.07) is 12.7. The third-order valence-electron chi connectivity index (χ3n) is 3.75. The zero-order valence-corrected chi connectivity index (χ0v) is 13.8. The van der Waals surface area contributed by atoms with Crippen molar-refractivity contribution < 1.29 is 9.59 Å². The highest BCUT2D eigenvalue weighted by Crippen LogP contribution is 2.22. The molecule has 8 heteroatoms. The van der Waals surface area contributed by atoms with E-state index in [0.29, 0.717) is 23.5 Å². The minimum Gasteiger partial charge on any atom is -0.379 e. The summed E-state index contributed by atoms with van der Waals surface area (Å²) in [5, 5.41) is 18.6. The van der Waals surface area contributed by atoms with Crippen LogP contribution in [0.2, 0.25) is 0 Å². The summed E-state index contributed by atoms with van der Waals surface area (Å²) in [7, 11) is 0. The topological polar surface area (TPSA) is 125 Å². The van der Waals surface area contributed by atoms with Crippen molar-refractivity contribution in [3.8, 4) is 6.07 Å². The predicted octanol–water partition coefficient (Wildman–Crippen LogP) is 1.90. The molecule has 0 saturated heterocycles. The Morgan fingerprint density at radius 1 is 1.27 bits per heavy atom. The van der Waals surface area contributed by atoms with Crippen LogP contribution in [0, 0.1) is 11.3 Å². The highest BCUT2D eigenvalue weighted by molar-refractivity contribution is 6.01. The average Bonchev–Trinajstić information content (AvgIpc) is 3.08. The van der Waals surface area contributed by atoms with E-state index < -0.39 is 5.91 Å². The number of aromatic nitrogens is 2. The largest absolute Gasteiger partial charge is 0.379 e. The van der Waals surface area contributed by atoms with Crippen molar-refractivity contribution in [2.75, 3.05) is 10.6 Å². The number of amides is 2. The second-order valence-corrected chi connectivity index (χ2v) is 5.57. The second-order valence-electron chi connectivity index (χ2n) is 5.57. The number of carbonyl (C=O) groups excluding carboxylic acids is 2. The van der Waals surface area contributed by atoms with Crippen LogP contribution >= 0.6 is 0 Å². The zero-order valence-electron chi connectivity index (χ0n) is 13.8. The van der Waals surface area contributed by atoms with Gasteiger partial charge in [0.2, 0.25) is 5.91 Å². The molecule has 0 bridgehead atoms. The quantitative estimate of drug-likeness (QED) is 0.627. The van der Waals surface area contributed by atoms with Gasteiger partial charge in [0.25, 0.3) is 5.91 Å². The number of hydrogen-bond donors (Lipinski definition) is 3. The van der Waals surface area contributed by atoms with E-state index in [1.807, 2.05) is 18.2 Å². The minimum atomic E-state index is -0.568. The molecule has 2 aromatic heterocycles. The molecule has 0 saturated carbocycles. The molecule has 2 amide bonds. The highest BCUT2D eigenvalue weighted by atomic mass is 16.1. The lowest BCUT2D eigenvalue weighted by Gasteiger charge is -2.12. The van der Waals surface area contributed by atoms with Crippen molar-refractivity contribution in [1.82, 2.24) is 9.61 Å². The van der Waals surface area contributed by atoms with Gasteiger partial charge in [0, 0.05) is 18.4 Å². The molecular weight excluding hydrogens is 332 g/mol. The van der Waals surface area contributed by atoms with Crippen LogP contribution in [0.3, 0.4) is 0 Å². The van der Waals surface area contributed by atoms with Crippen molar-refractivity contribution in [3.05, 3.63) is 59.9 Å². The number of nitrogens with zero attached hydrogens (tertiary/aromatic N) is 3. The van der Waals surface area contributed by atoms with Crippen LogP contribution in [0.1, 0.15) is 22.3 Å². The molecule has 0 radical (unpaired) electrons. The Labute approximate surface area is 149 Å². The average molecular weight is 348 g/mol. The number of nitriles is 1. The first-order chi connectivity index (χ1) is 12.6. The molecule has 1 aromatic carbocycles. The molecule has 4 N–H and O–H groups in total. The van der Waals surface area contributed by atoms with E-state index in [9.17, 15) is 9.59 Å². The number of anilines is 2. The summed E-state index contributed by atoms with van der Waals surface area (Å²) in [5.41, 5.74) is 8.56. The van der Waals surface area contributed by atoms with Crippen molar-refractivity contribution in [2.24, 2.45) is 5.73 Å². The van der Waals surface area contributed by atoms with Crippen molar-refractivity contribution >= 4 is 28.7 Å². The van der Waals surface area contributed by atoms with Crippen molar-refractivity contribution in [1.29, 1.82) is 5.26 Å². The number of benzene rings is 1. The van der Waals surface area contributed by atoms with Gasteiger partial charge in [-0.2, -0.15) is 10.4 Å². The van der Waals surface area contributed by atoms with Gasteiger partial charge in [-0.3, -0.25) is 9.59 Å². The molecule has 130 valence electrons. The number of hydrogen-bond acceptors (Lipinski definition) is 5. The number of nitrogens with one attached hydrogen (secondary N) is 2. The standard InChI is InChI=1S/C18H16N6O2/c19-7-6-16(25)23-13-4-1-3-12(9-13)10-21-17-14(18(20)26)11-22-24-8-2-5-15(17)24/h1-5,8-9,11,21H,6,10H2,(H2,20,26)(H,23,25). The van der Waals surface area contributed by atoms with Gasteiger partial charge in [0.1, 0.15) is 6.42 Å². The monoisotopic (exact) mass is 348 g/mol. The van der Waals surface area contributed by atoms with Crippen LogP contribution in [-0.4, -0.2) is 21.4 Å². The molecule has 0 unspecified atom stereocenters. The number of rotatable bonds is 6. The van der Waals surface area contributed by atoms with Crippen molar-refractivity contribution in [3.63, 3.8) is 0 Å². The first-order valence-electron chi connectivity index (χ1n) is 7.84. The number of carbonyl (C=O) groups is 2. The van der Waals surface area contributed by atoms with Gasteiger partial charge in [0.05, 0.1) is 29.0 Å². The third kappa shape index (κ3) is 3.62. The van der Waals surface area contributed by atoms with E-state index in [1.54, 1.807) is 35.0 Å². The molecule has 26 heavy (non-hydrogen) atoms. The van der Waals surface area contributed by atoms with Gasteiger partial charge >= 0.3 is 0 Å². The highest BCUT2D eigenvalue weighted by Gasteiger charge is 2.13. The molecular formula is C18H16N6O2. The minimum absolute atomic E-state index is 0.201. The van der Waals surface area contributed by atoms with Crippen LogP contribution in [0.4, 0.5) is 11.4 Å². The van der Waals surface area contributed by atoms with E-state index in [2.05, 4.69) is 15.7 Å². The maximum atomic E-state index is 11.7. The summed E-state index contributed by atoms with van der Waals surface area (Å²) in [5.74, 6) is -0.932. The fraction of sp³-hybridized carbons (Fsp3) is 0.111. The van der Waals surface area contributed by atoms with Gasteiger partial charge in [-0.05, 0) is 29.8 Å². The van der Waals surface area contributed by atoms with E-state index in [1.165, 1.54) is 6.20 Å². The van der Waals surface area contributed by atoms with Gasteiger partial charge in [-0.1, -0.05) is 12.1 Å². The van der Waals surface area contributed by atoms with Crippen LogP contribution in [0.15, 0.2) is 48.8 Å².